The fourth-order valence-corrected chi connectivity index (χ4v) is 2.48. The number of nitrogens with one attached hydrogen (secondary N) is 1. The highest BCUT2D eigenvalue weighted by atomic mass is 16.5. The summed E-state index contributed by atoms with van der Waals surface area (Å²) >= 11 is 0. The second-order valence-corrected chi connectivity index (χ2v) is 5.05. The minimum atomic E-state index is -0.229. The van der Waals surface area contributed by atoms with Crippen molar-refractivity contribution in [3.8, 4) is 5.75 Å². The Hall–Kier alpha value is -1.55. The number of ether oxygens (including phenoxy) is 2. The van der Waals surface area contributed by atoms with Crippen molar-refractivity contribution in [2.75, 3.05) is 13.2 Å². The molecule has 4 heteroatoms. The molecule has 1 aromatic carbocycles. The minimum absolute atomic E-state index is 0.0983. The topological polar surface area (TPSA) is 47.6 Å². The summed E-state index contributed by atoms with van der Waals surface area (Å²) in [7, 11) is 0. The van der Waals surface area contributed by atoms with E-state index in [9.17, 15) is 4.79 Å². The Labute approximate surface area is 120 Å². The van der Waals surface area contributed by atoms with Gasteiger partial charge in [-0.05, 0) is 25.0 Å². The molecule has 0 radical (unpaired) electrons. The van der Waals surface area contributed by atoms with E-state index in [0.29, 0.717) is 13.2 Å². The lowest BCUT2D eigenvalue weighted by molar-refractivity contribution is -0.145. The third kappa shape index (κ3) is 3.73. The first-order valence-corrected chi connectivity index (χ1v) is 7.39. The van der Waals surface area contributed by atoms with Crippen molar-refractivity contribution in [1.29, 1.82) is 0 Å². The molecular formula is C16H23NO3. The smallest absolute Gasteiger partial charge is 0.323 e. The van der Waals surface area contributed by atoms with Gasteiger partial charge in [-0.15, -0.1) is 0 Å². The van der Waals surface area contributed by atoms with Crippen LogP contribution in [0.5, 0.6) is 5.75 Å². The minimum Gasteiger partial charge on any atom is -0.488 e. The van der Waals surface area contributed by atoms with E-state index in [4.69, 9.17) is 9.47 Å². The Kier molecular flexibility index (Phi) is 5.41. The molecule has 20 heavy (non-hydrogen) atoms. The summed E-state index contributed by atoms with van der Waals surface area (Å²) in [6.45, 7) is 4.98. The van der Waals surface area contributed by atoms with Crippen LogP contribution in [0.3, 0.4) is 0 Å². The van der Waals surface area contributed by atoms with Crippen LogP contribution in [0.25, 0.3) is 0 Å². The lowest BCUT2D eigenvalue weighted by Gasteiger charge is -2.19. The van der Waals surface area contributed by atoms with Crippen LogP contribution < -0.4 is 10.1 Å². The van der Waals surface area contributed by atoms with E-state index in [2.05, 4.69) is 18.3 Å². The Bertz CT molecular complexity index is 422. The highest BCUT2D eigenvalue weighted by Crippen LogP contribution is 2.27. The molecule has 110 valence electrons. The Balaban J connectivity index is 1.83. The normalized spacial score (nSPS) is 18.2. The monoisotopic (exact) mass is 277 g/mol. The quantitative estimate of drug-likeness (QED) is 0.777. The first kappa shape index (κ1) is 14.9. The molecule has 0 aromatic heterocycles. The van der Waals surface area contributed by atoms with E-state index in [0.717, 1.165) is 25.0 Å². The number of hydrogen-bond donors (Lipinski definition) is 1. The molecule has 1 aliphatic rings. The SMILES string of the molecule is CCCC(NCC1Cc2ccccc2O1)C(=O)OCC. The Morgan fingerprint density at radius 2 is 2.25 bits per heavy atom. The zero-order valence-corrected chi connectivity index (χ0v) is 12.2. The van der Waals surface area contributed by atoms with Crippen molar-refractivity contribution < 1.29 is 14.3 Å². The number of esters is 1. The summed E-state index contributed by atoms with van der Waals surface area (Å²) in [5, 5.41) is 3.28. The number of benzene rings is 1. The second kappa shape index (κ2) is 7.29. The summed E-state index contributed by atoms with van der Waals surface area (Å²) in [5.74, 6) is 0.798. The van der Waals surface area contributed by atoms with Crippen molar-refractivity contribution in [2.24, 2.45) is 0 Å². The number of carbonyl (C=O) groups is 1. The molecule has 0 bridgehead atoms. The van der Waals surface area contributed by atoms with Gasteiger partial charge in [-0.25, -0.2) is 0 Å². The molecular weight excluding hydrogens is 254 g/mol. The van der Waals surface area contributed by atoms with Crippen molar-refractivity contribution >= 4 is 5.97 Å². The molecule has 2 unspecified atom stereocenters. The van der Waals surface area contributed by atoms with Gasteiger partial charge in [-0.1, -0.05) is 31.5 Å². The zero-order valence-electron chi connectivity index (χ0n) is 12.2. The van der Waals surface area contributed by atoms with Crippen LogP contribution in [0, 0.1) is 0 Å². The molecule has 1 aromatic rings. The first-order valence-electron chi connectivity index (χ1n) is 7.39. The average molecular weight is 277 g/mol. The van der Waals surface area contributed by atoms with Crippen LogP contribution in [0.1, 0.15) is 32.3 Å². The van der Waals surface area contributed by atoms with Gasteiger partial charge in [-0.3, -0.25) is 4.79 Å². The van der Waals surface area contributed by atoms with Crippen molar-refractivity contribution in [2.45, 2.75) is 45.3 Å². The van der Waals surface area contributed by atoms with Gasteiger partial charge in [0.1, 0.15) is 17.9 Å². The summed E-state index contributed by atoms with van der Waals surface area (Å²) in [6, 6.07) is 7.85. The van der Waals surface area contributed by atoms with Crippen LogP contribution in [-0.4, -0.2) is 31.3 Å². The molecule has 0 saturated carbocycles. The van der Waals surface area contributed by atoms with Gasteiger partial charge in [0.05, 0.1) is 6.61 Å². The fraction of sp³-hybridized carbons (Fsp3) is 0.562. The molecule has 1 N–H and O–H groups in total. The molecule has 0 aliphatic carbocycles. The van der Waals surface area contributed by atoms with Crippen LogP contribution in [-0.2, 0) is 16.0 Å². The Morgan fingerprint density at radius 3 is 2.95 bits per heavy atom. The number of carbonyl (C=O) groups excluding carboxylic acids is 1. The molecule has 4 nitrogen and oxygen atoms in total. The van der Waals surface area contributed by atoms with Crippen LogP contribution in [0.2, 0.25) is 0 Å². The van der Waals surface area contributed by atoms with Crippen molar-refractivity contribution in [3.05, 3.63) is 29.8 Å². The lowest BCUT2D eigenvalue weighted by Crippen LogP contribution is -2.43. The van der Waals surface area contributed by atoms with E-state index >= 15 is 0 Å². The summed E-state index contributed by atoms with van der Waals surface area (Å²) in [5.41, 5.74) is 1.24. The molecule has 0 fully saturated rings. The molecule has 2 atom stereocenters. The van der Waals surface area contributed by atoms with Gasteiger partial charge < -0.3 is 14.8 Å². The first-order chi connectivity index (χ1) is 9.74. The van der Waals surface area contributed by atoms with Crippen molar-refractivity contribution in [3.63, 3.8) is 0 Å². The van der Waals surface area contributed by atoms with E-state index < -0.39 is 0 Å². The average Bonchev–Trinajstić information content (AvgIpc) is 2.86. The maximum atomic E-state index is 11.8. The van der Waals surface area contributed by atoms with Crippen LogP contribution >= 0.6 is 0 Å². The van der Waals surface area contributed by atoms with E-state index in [1.54, 1.807) is 0 Å². The molecule has 0 spiro atoms. The lowest BCUT2D eigenvalue weighted by atomic mass is 10.1. The predicted molar refractivity (Wildman–Crippen MR) is 77.9 cm³/mol. The molecule has 0 saturated heterocycles. The fourth-order valence-electron chi connectivity index (χ4n) is 2.48. The second-order valence-electron chi connectivity index (χ2n) is 5.05. The zero-order chi connectivity index (χ0) is 14.4. The van der Waals surface area contributed by atoms with Gasteiger partial charge in [0, 0.05) is 13.0 Å². The van der Waals surface area contributed by atoms with Gasteiger partial charge in [-0.2, -0.15) is 0 Å². The number of para-hydroxylation sites is 1. The largest absolute Gasteiger partial charge is 0.488 e. The van der Waals surface area contributed by atoms with Crippen molar-refractivity contribution in [1.82, 2.24) is 5.32 Å². The highest BCUT2D eigenvalue weighted by Gasteiger charge is 2.25. The Morgan fingerprint density at radius 1 is 1.45 bits per heavy atom. The van der Waals surface area contributed by atoms with Gasteiger partial charge >= 0.3 is 5.97 Å². The maximum absolute atomic E-state index is 11.8. The third-order valence-corrected chi connectivity index (χ3v) is 3.45. The van der Waals surface area contributed by atoms with E-state index in [1.165, 1.54) is 5.56 Å². The molecule has 1 heterocycles. The molecule has 1 aliphatic heterocycles. The van der Waals surface area contributed by atoms with Crippen LogP contribution in [0.15, 0.2) is 24.3 Å². The maximum Gasteiger partial charge on any atom is 0.323 e. The molecule has 0 amide bonds. The number of hydrogen-bond acceptors (Lipinski definition) is 4. The van der Waals surface area contributed by atoms with Gasteiger partial charge in [0.25, 0.3) is 0 Å². The summed E-state index contributed by atoms with van der Waals surface area (Å²) < 4.78 is 11.0. The molecule has 2 rings (SSSR count). The number of fused-ring (bicyclic) bond motifs is 1. The number of rotatable bonds is 7. The summed E-state index contributed by atoms with van der Waals surface area (Å²) in [6.07, 6.45) is 2.73. The summed E-state index contributed by atoms with van der Waals surface area (Å²) in [4.78, 5) is 11.8. The van der Waals surface area contributed by atoms with E-state index in [-0.39, 0.29) is 18.1 Å². The predicted octanol–water partition coefficient (Wildman–Crippen LogP) is 2.31. The van der Waals surface area contributed by atoms with E-state index in [1.807, 2.05) is 25.1 Å². The van der Waals surface area contributed by atoms with Gasteiger partial charge in [0.15, 0.2) is 0 Å². The van der Waals surface area contributed by atoms with Gasteiger partial charge in [0.2, 0.25) is 0 Å². The standard InChI is InChI=1S/C16H23NO3/c1-3-7-14(16(18)19-4-2)17-11-13-10-12-8-5-6-9-15(12)20-13/h5-6,8-9,13-14,17H,3-4,7,10-11H2,1-2H3. The van der Waals surface area contributed by atoms with Crippen LogP contribution in [0.4, 0.5) is 0 Å². The third-order valence-electron chi connectivity index (χ3n) is 3.45. The highest BCUT2D eigenvalue weighted by molar-refractivity contribution is 5.75.